The molecule has 1 N–H and O–H groups in total. The summed E-state index contributed by atoms with van der Waals surface area (Å²) in [5.74, 6) is -0.767. The molecule has 1 aliphatic rings. The second kappa shape index (κ2) is 7.07. The van der Waals surface area contributed by atoms with Crippen LogP contribution in [0, 0.1) is 5.82 Å². The van der Waals surface area contributed by atoms with Crippen LogP contribution < -0.4 is 5.32 Å². The van der Waals surface area contributed by atoms with Crippen molar-refractivity contribution in [3.05, 3.63) is 34.6 Å². The number of hydrogen-bond donors (Lipinski definition) is 1. The largest absolute Gasteiger partial charge is 0.353 e. The first kappa shape index (κ1) is 16.7. The number of rotatable bonds is 4. The second-order valence-electron chi connectivity index (χ2n) is 5.47. The van der Waals surface area contributed by atoms with Crippen LogP contribution in [0.5, 0.6) is 0 Å². The minimum atomic E-state index is -0.612. The molecule has 7 heteroatoms. The van der Waals surface area contributed by atoms with E-state index in [4.69, 9.17) is 11.6 Å². The molecule has 0 saturated carbocycles. The molecule has 1 aromatic carbocycles. The minimum Gasteiger partial charge on any atom is -0.353 e. The molecule has 5 nitrogen and oxygen atoms in total. The molecule has 2 amide bonds. The van der Waals surface area contributed by atoms with Crippen molar-refractivity contribution in [3.8, 4) is 0 Å². The fourth-order valence-corrected chi connectivity index (χ4v) is 2.63. The van der Waals surface area contributed by atoms with Gasteiger partial charge in [0.1, 0.15) is 5.82 Å². The predicted octanol–water partition coefficient (Wildman–Crippen LogP) is 1.26. The van der Waals surface area contributed by atoms with Gasteiger partial charge in [-0.1, -0.05) is 17.7 Å². The Balaban J connectivity index is 2.19. The Morgan fingerprint density at radius 2 is 2.23 bits per heavy atom. The smallest absolute Gasteiger partial charge is 0.237 e. The number of carbonyl (C=O) groups is 2. The first-order valence-electron chi connectivity index (χ1n) is 7.05. The topological polar surface area (TPSA) is 52.7 Å². The van der Waals surface area contributed by atoms with Crippen LogP contribution in [0.2, 0.25) is 5.02 Å². The summed E-state index contributed by atoms with van der Waals surface area (Å²) in [4.78, 5) is 27.2. The van der Waals surface area contributed by atoms with Crippen LogP contribution in [0.3, 0.4) is 0 Å². The van der Waals surface area contributed by atoms with Crippen LogP contribution in [-0.4, -0.2) is 54.8 Å². The molecule has 1 heterocycles. The summed E-state index contributed by atoms with van der Waals surface area (Å²) in [6, 6.07) is 3.88. The molecule has 1 fully saturated rings. The number of benzene rings is 1. The Kier molecular flexibility index (Phi) is 5.37. The first-order chi connectivity index (χ1) is 10.4. The summed E-state index contributed by atoms with van der Waals surface area (Å²) in [7, 11) is 3.28. The zero-order valence-corrected chi connectivity index (χ0v) is 13.4. The highest BCUT2D eigenvalue weighted by Gasteiger charge is 2.32. The van der Waals surface area contributed by atoms with Gasteiger partial charge in [0, 0.05) is 44.3 Å². The SMILES string of the molecule is CN(C)C(=O)CC1C(=O)NCCN1Cc1c(F)cccc1Cl. The molecule has 0 aromatic heterocycles. The second-order valence-corrected chi connectivity index (χ2v) is 5.88. The average Bonchev–Trinajstić information content (AvgIpc) is 2.46. The molecule has 0 bridgehead atoms. The molecule has 0 spiro atoms. The molecule has 120 valence electrons. The van der Waals surface area contributed by atoms with Crippen molar-refractivity contribution >= 4 is 23.4 Å². The van der Waals surface area contributed by atoms with Gasteiger partial charge in [-0.15, -0.1) is 0 Å². The minimum absolute atomic E-state index is 0.0604. The fraction of sp³-hybridized carbons (Fsp3) is 0.467. The van der Waals surface area contributed by atoms with E-state index in [1.807, 2.05) is 0 Å². The normalized spacial score (nSPS) is 18.9. The number of carbonyl (C=O) groups excluding carboxylic acids is 2. The average molecular weight is 328 g/mol. The molecular formula is C15H19ClFN3O2. The standard InChI is InChI=1S/C15H19ClFN3O2/c1-19(2)14(21)8-13-15(22)18-6-7-20(13)9-10-11(16)4-3-5-12(10)17/h3-5,13H,6-9H2,1-2H3,(H,18,22). The third-order valence-corrected chi connectivity index (χ3v) is 4.09. The zero-order chi connectivity index (χ0) is 16.3. The van der Waals surface area contributed by atoms with Gasteiger partial charge in [-0.25, -0.2) is 4.39 Å². The highest BCUT2D eigenvalue weighted by atomic mass is 35.5. The molecule has 1 aromatic rings. The Labute approximate surface area is 134 Å². The van der Waals surface area contributed by atoms with Gasteiger partial charge in [0.15, 0.2) is 0 Å². The summed E-state index contributed by atoms with van der Waals surface area (Å²) < 4.78 is 13.9. The maximum Gasteiger partial charge on any atom is 0.237 e. The molecule has 0 aliphatic carbocycles. The van der Waals surface area contributed by atoms with Crippen molar-refractivity contribution in [3.63, 3.8) is 0 Å². The van der Waals surface area contributed by atoms with E-state index in [-0.39, 0.29) is 24.8 Å². The quantitative estimate of drug-likeness (QED) is 0.906. The monoisotopic (exact) mass is 327 g/mol. The van der Waals surface area contributed by atoms with E-state index in [9.17, 15) is 14.0 Å². The Morgan fingerprint density at radius 1 is 1.50 bits per heavy atom. The van der Waals surface area contributed by atoms with Gasteiger partial charge in [-0.3, -0.25) is 14.5 Å². The molecule has 1 atom stereocenters. The summed E-state index contributed by atoms with van der Waals surface area (Å²) in [6.07, 6.45) is 0.0604. The van der Waals surface area contributed by atoms with Crippen LogP contribution in [0.1, 0.15) is 12.0 Å². The van der Waals surface area contributed by atoms with Crippen molar-refractivity contribution < 1.29 is 14.0 Å². The van der Waals surface area contributed by atoms with Gasteiger partial charge in [0.05, 0.1) is 12.5 Å². The lowest BCUT2D eigenvalue weighted by Crippen LogP contribution is -2.56. The van der Waals surface area contributed by atoms with E-state index >= 15 is 0 Å². The maximum atomic E-state index is 13.9. The van der Waals surface area contributed by atoms with E-state index < -0.39 is 11.9 Å². The van der Waals surface area contributed by atoms with Crippen LogP contribution in [0.4, 0.5) is 4.39 Å². The molecule has 1 saturated heterocycles. The lowest BCUT2D eigenvalue weighted by atomic mass is 10.1. The molecule has 2 rings (SSSR count). The number of hydrogen-bond acceptors (Lipinski definition) is 3. The number of nitrogens with zero attached hydrogens (tertiary/aromatic N) is 2. The summed E-state index contributed by atoms with van der Waals surface area (Å²) in [5.41, 5.74) is 0.348. The molecule has 1 unspecified atom stereocenters. The van der Waals surface area contributed by atoms with Crippen molar-refractivity contribution in [2.45, 2.75) is 19.0 Å². The fourth-order valence-electron chi connectivity index (χ4n) is 2.41. The summed E-state index contributed by atoms with van der Waals surface area (Å²) in [5, 5.41) is 3.07. The zero-order valence-electron chi connectivity index (χ0n) is 12.6. The van der Waals surface area contributed by atoms with E-state index in [0.717, 1.165) is 0 Å². The van der Waals surface area contributed by atoms with E-state index in [0.29, 0.717) is 23.7 Å². The Morgan fingerprint density at radius 3 is 2.86 bits per heavy atom. The number of halogens is 2. The highest BCUT2D eigenvalue weighted by Crippen LogP contribution is 2.23. The number of piperazine rings is 1. The lowest BCUT2D eigenvalue weighted by molar-refractivity contribution is -0.137. The summed E-state index contributed by atoms with van der Waals surface area (Å²) >= 11 is 6.05. The van der Waals surface area contributed by atoms with Crippen molar-refractivity contribution in [1.29, 1.82) is 0 Å². The van der Waals surface area contributed by atoms with Crippen LogP contribution in [0.15, 0.2) is 18.2 Å². The Bertz CT molecular complexity index is 560. The molecule has 0 radical (unpaired) electrons. The van der Waals surface area contributed by atoms with Crippen molar-refractivity contribution in [1.82, 2.24) is 15.1 Å². The number of amides is 2. The van der Waals surface area contributed by atoms with Gasteiger partial charge >= 0.3 is 0 Å². The third kappa shape index (κ3) is 3.75. The van der Waals surface area contributed by atoms with E-state index in [2.05, 4.69) is 5.32 Å². The summed E-state index contributed by atoms with van der Waals surface area (Å²) in [6.45, 7) is 1.21. The van der Waals surface area contributed by atoms with Gasteiger partial charge in [0.25, 0.3) is 0 Å². The van der Waals surface area contributed by atoms with E-state index in [1.54, 1.807) is 25.1 Å². The highest BCUT2D eigenvalue weighted by molar-refractivity contribution is 6.31. The number of nitrogens with one attached hydrogen (secondary N) is 1. The van der Waals surface area contributed by atoms with Crippen LogP contribution in [-0.2, 0) is 16.1 Å². The van der Waals surface area contributed by atoms with E-state index in [1.165, 1.54) is 17.0 Å². The van der Waals surface area contributed by atoms with Gasteiger partial charge in [-0.05, 0) is 12.1 Å². The van der Waals surface area contributed by atoms with Gasteiger partial charge in [0.2, 0.25) is 11.8 Å². The first-order valence-corrected chi connectivity index (χ1v) is 7.42. The van der Waals surface area contributed by atoms with Crippen LogP contribution >= 0.6 is 11.6 Å². The molecule has 22 heavy (non-hydrogen) atoms. The maximum absolute atomic E-state index is 13.9. The van der Waals surface area contributed by atoms with Crippen molar-refractivity contribution in [2.24, 2.45) is 0 Å². The van der Waals surface area contributed by atoms with Crippen LogP contribution in [0.25, 0.3) is 0 Å². The molecular weight excluding hydrogens is 309 g/mol. The van der Waals surface area contributed by atoms with Gasteiger partial charge in [-0.2, -0.15) is 0 Å². The molecule has 1 aliphatic heterocycles. The third-order valence-electron chi connectivity index (χ3n) is 3.73. The van der Waals surface area contributed by atoms with Crippen molar-refractivity contribution in [2.75, 3.05) is 27.2 Å². The lowest BCUT2D eigenvalue weighted by Gasteiger charge is -2.35. The Hall–Kier alpha value is -1.66. The predicted molar refractivity (Wildman–Crippen MR) is 81.9 cm³/mol. The van der Waals surface area contributed by atoms with Gasteiger partial charge < -0.3 is 10.2 Å².